The molecule has 5 nitrogen and oxygen atoms in total. The number of carbonyl (C=O) groups excluding carboxylic acids is 2. The monoisotopic (exact) mass is 296 g/mol. The molecule has 1 aromatic rings. The van der Waals surface area contributed by atoms with Crippen LogP contribution in [-0.4, -0.2) is 46.0 Å². The Labute approximate surface area is 119 Å². The summed E-state index contributed by atoms with van der Waals surface area (Å²) in [6.45, 7) is 0.194. The molecular formula is C14H14F2N2O3. The molecule has 2 fully saturated rings. The summed E-state index contributed by atoms with van der Waals surface area (Å²) in [5, 5.41) is 10.0. The number of β-amino-alcohol motifs (C(OH)–C–C–N with tert-alkyl or cyclic N) is 1. The molecule has 0 saturated carbocycles. The summed E-state index contributed by atoms with van der Waals surface area (Å²) >= 11 is 0. The molecule has 112 valence electrons. The van der Waals surface area contributed by atoms with Gasteiger partial charge in [0, 0.05) is 18.2 Å². The number of aliphatic hydroxyl groups excluding tert-OH is 1. The van der Waals surface area contributed by atoms with Crippen molar-refractivity contribution in [3.05, 3.63) is 35.4 Å². The van der Waals surface area contributed by atoms with Crippen molar-refractivity contribution in [2.45, 2.75) is 25.0 Å². The number of imide groups is 1. The molecule has 1 aromatic carbocycles. The van der Waals surface area contributed by atoms with Crippen molar-refractivity contribution in [3.63, 3.8) is 0 Å². The van der Waals surface area contributed by atoms with E-state index in [0.29, 0.717) is 19.0 Å². The van der Waals surface area contributed by atoms with Crippen LogP contribution in [0.3, 0.4) is 0 Å². The number of nitrogens with zero attached hydrogens (tertiary/aromatic N) is 2. The first-order chi connectivity index (χ1) is 9.99. The van der Waals surface area contributed by atoms with Crippen molar-refractivity contribution in [2.24, 2.45) is 0 Å². The van der Waals surface area contributed by atoms with Crippen LogP contribution in [0.4, 0.5) is 13.6 Å². The van der Waals surface area contributed by atoms with E-state index in [1.165, 1.54) is 4.90 Å². The zero-order valence-electron chi connectivity index (χ0n) is 11.1. The molecule has 2 saturated heterocycles. The largest absolute Gasteiger partial charge is 0.386 e. The van der Waals surface area contributed by atoms with Gasteiger partial charge >= 0.3 is 6.03 Å². The zero-order valence-corrected chi connectivity index (χ0v) is 11.1. The third-order valence-electron chi connectivity index (χ3n) is 3.96. The van der Waals surface area contributed by atoms with Crippen LogP contribution in [0.1, 0.15) is 24.5 Å². The molecule has 3 amide bonds. The molecule has 0 unspecified atom stereocenters. The maximum absolute atomic E-state index is 13.6. The summed E-state index contributed by atoms with van der Waals surface area (Å²) in [4.78, 5) is 26.6. The van der Waals surface area contributed by atoms with Gasteiger partial charge in [0.05, 0.1) is 12.6 Å². The molecule has 0 aromatic heterocycles. The Morgan fingerprint density at radius 2 is 2.10 bits per heavy atom. The van der Waals surface area contributed by atoms with Gasteiger partial charge in [-0.05, 0) is 18.9 Å². The maximum atomic E-state index is 13.6. The number of urea groups is 1. The Balaban J connectivity index is 1.77. The number of hydrogen-bond acceptors (Lipinski definition) is 3. The number of benzene rings is 1. The second kappa shape index (κ2) is 5.07. The third-order valence-corrected chi connectivity index (χ3v) is 3.96. The van der Waals surface area contributed by atoms with E-state index >= 15 is 0 Å². The van der Waals surface area contributed by atoms with Crippen molar-refractivity contribution < 1.29 is 23.5 Å². The highest BCUT2D eigenvalue weighted by molar-refractivity contribution is 6.04. The molecule has 2 aliphatic heterocycles. The number of rotatable bonds is 3. The minimum absolute atomic E-state index is 0.135. The second-order valence-corrected chi connectivity index (χ2v) is 5.26. The fraction of sp³-hybridized carbons (Fsp3) is 0.429. The van der Waals surface area contributed by atoms with Crippen LogP contribution in [0.25, 0.3) is 0 Å². The molecule has 2 heterocycles. The Morgan fingerprint density at radius 3 is 2.76 bits per heavy atom. The highest BCUT2D eigenvalue weighted by Gasteiger charge is 2.47. The van der Waals surface area contributed by atoms with E-state index in [1.54, 1.807) is 0 Å². The van der Waals surface area contributed by atoms with E-state index in [9.17, 15) is 23.5 Å². The summed E-state index contributed by atoms with van der Waals surface area (Å²) < 4.78 is 26.4. The van der Waals surface area contributed by atoms with Crippen LogP contribution in [-0.2, 0) is 4.79 Å². The van der Waals surface area contributed by atoms with Gasteiger partial charge in [0.1, 0.15) is 17.7 Å². The first-order valence-corrected chi connectivity index (χ1v) is 6.74. The Bertz CT molecular complexity index is 586. The van der Waals surface area contributed by atoms with Crippen LogP contribution in [0.15, 0.2) is 18.2 Å². The third kappa shape index (κ3) is 2.27. The van der Waals surface area contributed by atoms with E-state index in [4.69, 9.17) is 0 Å². The van der Waals surface area contributed by atoms with Gasteiger partial charge in [0.25, 0.3) is 5.91 Å². The molecule has 21 heavy (non-hydrogen) atoms. The number of halogens is 2. The van der Waals surface area contributed by atoms with E-state index in [-0.39, 0.29) is 18.0 Å². The lowest BCUT2D eigenvalue weighted by Crippen LogP contribution is -2.36. The van der Waals surface area contributed by atoms with Gasteiger partial charge in [0.15, 0.2) is 0 Å². The van der Waals surface area contributed by atoms with Crippen molar-refractivity contribution >= 4 is 11.9 Å². The van der Waals surface area contributed by atoms with Crippen LogP contribution in [0.2, 0.25) is 0 Å². The van der Waals surface area contributed by atoms with Gasteiger partial charge in [-0.3, -0.25) is 9.69 Å². The van der Waals surface area contributed by atoms with E-state index < -0.39 is 29.8 Å². The highest BCUT2D eigenvalue weighted by Crippen LogP contribution is 2.29. The molecular weight excluding hydrogens is 282 g/mol. The second-order valence-electron chi connectivity index (χ2n) is 5.26. The molecule has 0 radical (unpaired) electrons. The first kappa shape index (κ1) is 13.9. The zero-order chi connectivity index (χ0) is 15.1. The van der Waals surface area contributed by atoms with Gasteiger partial charge in [-0.15, -0.1) is 0 Å². The van der Waals surface area contributed by atoms with E-state index in [0.717, 1.165) is 23.5 Å². The van der Waals surface area contributed by atoms with Crippen LogP contribution in [0.5, 0.6) is 0 Å². The summed E-state index contributed by atoms with van der Waals surface area (Å²) in [7, 11) is 0. The Hall–Kier alpha value is -2.02. The molecule has 0 aliphatic carbocycles. The van der Waals surface area contributed by atoms with Gasteiger partial charge in [-0.2, -0.15) is 0 Å². The fourth-order valence-electron chi connectivity index (χ4n) is 2.89. The van der Waals surface area contributed by atoms with Gasteiger partial charge < -0.3 is 10.0 Å². The molecule has 3 rings (SSSR count). The predicted octanol–water partition coefficient (Wildman–Crippen LogP) is 1.42. The van der Waals surface area contributed by atoms with Crippen molar-refractivity contribution in [1.82, 2.24) is 9.80 Å². The first-order valence-electron chi connectivity index (χ1n) is 6.74. The van der Waals surface area contributed by atoms with Gasteiger partial charge in [-0.1, -0.05) is 6.07 Å². The fourth-order valence-corrected chi connectivity index (χ4v) is 2.89. The highest BCUT2D eigenvalue weighted by atomic mass is 19.1. The SMILES string of the molecule is O=C1[C@@H]2CCCN2C(=O)N1C[C@@H](O)c1ccc(F)cc1F. The van der Waals surface area contributed by atoms with E-state index in [2.05, 4.69) is 0 Å². The number of amides is 3. The number of aliphatic hydroxyl groups is 1. The molecule has 0 bridgehead atoms. The lowest BCUT2D eigenvalue weighted by Gasteiger charge is -2.19. The maximum Gasteiger partial charge on any atom is 0.327 e. The molecule has 2 aliphatic rings. The minimum Gasteiger partial charge on any atom is -0.386 e. The number of fused-ring (bicyclic) bond motifs is 1. The standard InChI is InChI=1S/C14H14F2N2O3/c15-8-3-4-9(10(16)6-8)12(19)7-18-13(20)11-2-1-5-17(11)14(18)21/h3-4,6,11-12,19H,1-2,5,7H2/t11-,12+/m0/s1. The summed E-state index contributed by atoms with van der Waals surface area (Å²) in [6.07, 6.45) is 0.0197. The molecule has 1 N–H and O–H groups in total. The number of carbonyl (C=O) groups is 2. The van der Waals surface area contributed by atoms with Crippen molar-refractivity contribution in [2.75, 3.05) is 13.1 Å². The summed E-state index contributed by atoms with van der Waals surface area (Å²) in [6, 6.07) is 1.88. The lowest BCUT2D eigenvalue weighted by molar-refractivity contribution is -0.129. The van der Waals surface area contributed by atoms with Crippen LogP contribution < -0.4 is 0 Å². The Kier molecular flexibility index (Phi) is 3.36. The average molecular weight is 296 g/mol. The normalized spacial score (nSPS) is 22.9. The van der Waals surface area contributed by atoms with Crippen LogP contribution >= 0.6 is 0 Å². The quantitative estimate of drug-likeness (QED) is 0.858. The minimum atomic E-state index is -1.38. The topological polar surface area (TPSA) is 60.9 Å². The smallest absolute Gasteiger partial charge is 0.327 e. The number of hydrogen-bond donors (Lipinski definition) is 1. The van der Waals surface area contributed by atoms with Crippen molar-refractivity contribution in [3.8, 4) is 0 Å². The van der Waals surface area contributed by atoms with Gasteiger partial charge in [-0.25, -0.2) is 13.6 Å². The van der Waals surface area contributed by atoms with Gasteiger partial charge in [0.2, 0.25) is 0 Å². The average Bonchev–Trinajstić information content (AvgIpc) is 2.99. The Morgan fingerprint density at radius 1 is 1.33 bits per heavy atom. The van der Waals surface area contributed by atoms with Crippen molar-refractivity contribution in [1.29, 1.82) is 0 Å². The molecule has 0 spiro atoms. The predicted molar refractivity (Wildman–Crippen MR) is 68.2 cm³/mol. The van der Waals surface area contributed by atoms with E-state index in [1.807, 2.05) is 0 Å². The molecule has 7 heteroatoms. The summed E-state index contributed by atoms with van der Waals surface area (Å²) in [5.74, 6) is -2.02. The lowest BCUT2D eigenvalue weighted by atomic mass is 10.1. The molecule has 2 atom stereocenters. The summed E-state index contributed by atoms with van der Waals surface area (Å²) in [5.41, 5.74) is -0.135. The van der Waals surface area contributed by atoms with Crippen LogP contribution in [0, 0.1) is 11.6 Å².